The minimum atomic E-state index is -0.216. The minimum absolute atomic E-state index is 0.139. The van der Waals surface area contributed by atoms with Crippen molar-refractivity contribution in [2.24, 2.45) is 0 Å². The Bertz CT molecular complexity index is 784. The number of methoxy groups -OCH3 is 1. The molecule has 0 bridgehead atoms. The van der Waals surface area contributed by atoms with Gasteiger partial charge in [-0.2, -0.15) is 0 Å². The average molecular weight is 382 g/mol. The van der Waals surface area contributed by atoms with E-state index in [1.807, 2.05) is 38.4 Å². The molecule has 5 nitrogen and oxygen atoms in total. The van der Waals surface area contributed by atoms with Gasteiger partial charge in [0.2, 0.25) is 5.91 Å². The number of likely N-dealkylation sites (N-methyl/N-ethyl adjacent to an activating group) is 1. The Labute approximate surface area is 168 Å². The van der Waals surface area contributed by atoms with Crippen molar-refractivity contribution in [3.63, 3.8) is 0 Å². The Morgan fingerprint density at radius 3 is 2.36 bits per heavy atom. The third kappa shape index (κ3) is 4.72. The molecule has 0 aliphatic carbocycles. The van der Waals surface area contributed by atoms with Crippen molar-refractivity contribution in [2.45, 2.75) is 19.5 Å². The van der Waals surface area contributed by atoms with E-state index in [1.54, 1.807) is 12.0 Å². The normalized spacial score (nSPS) is 16.6. The van der Waals surface area contributed by atoms with Crippen LogP contribution in [-0.2, 0) is 11.3 Å². The predicted molar refractivity (Wildman–Crippen MR) is 112 cm³/mol. The second kappa shape index (κ2) is 9.22. The maximum Gasteiger partial charge on any atom is 0.244 e. The first-order valence-corrected chi connectivity index (χ1v) is 9.85. The van der Waals surface area contributed by atoms with Gasteiger partial charge in [-0.05, 0) is 18.6 Å². The van der Waals surface area contributed by atoms with E-state index in [0.717, 1.165) is 44.0 Å². The number of carbonyl (C=O) groups excluding carboxylic acids is 1. The van der Waals surface area contributed by atoms with E-state index in [9.17, 15) is 4.79 Å². The SMILES string of the molecule is COc1ccc(C)cc1CN1CCN([C@H](C(=O)N(C)C)c2ccccc2)CC1. The molecule has 5 heteroatoms. The second-order valence-electron chi connectivity index (χ2n) is 7.67. The summed E-state index contributed by atoms with van der Waals surface area (Å²) in [5, 5.41) is 0. The van der Waals surface area contributed by atoms with Gasteiger partial charge in [-0.25, -0.2) is 0 Å². The first kappa shape index (κ1) is 20.4. The van der Waals surface area contributed by atoms with Crippen LogP contribution in [0.1, 0.15) is 22.7 Å². The Morgan fingerprint density at radius 2 is 1.75 bits per heavy atom. The summed E-state index contributed by atoms with van der Waals surface area (Å²) in [5.41, 5.74) is 3.53. The van der Waals surface area contributed by atoms with E-state index in [1.165, 1.54) is 11.1 Å². The number of aryl methyl sites for hydroxylation is 1. The largest absolute Gasteiger partial charge is 0.496 e. The average Bonchev–Trinajstić information content (AvgIpc) is 2.70. The van der Waals surface area contributed by atoms with Crippen molar-refractivity contribution < 1.29 is 9.53 Å². The fraction of sp³-hybridized carbons (Fsp3) is 0.435. The molecule has 28 heavy (non-hydrogen) atoms. The molecular weight excluding hydrogens is 350 g/mol. The van der Waals surface area contributed by atoms with Crippen LogP contribution in [0.15, 0.2) is 48.5 Å². The zero-order valence-corrected chi connectivity index (χ0v) is 17.4. The van der Waals surface area contributed by atoms with Gasteiger partial charge < -0.3 is 9.64 Å². The van der Waals surface area contributed by atoms with Crippen molar-refractivity contribution >= 4 is 5.91 Å². The number of benzene rings is 2. The fourth-order valence-corrected chi connectivity index (χ4v) is 3.84. The quantitative estimate of drug-likeness (QED) is 0.771. The van der Waals surface area contributed by atoms with Crippen LogP contribution in [0.25, 0.3) is 0 Å². The fourth-order valence-electron chi connectivity index (χ4n) is 3.84. The number of nitrogens with zero attached hydrogens (tertiary/aromatic N) is 3. The molecule has 150 valence electrons. The Hall–Kier alpha value is -2.37. The topological polar surface area (TPSA) is 36.0 Å². The summed E-state index contributed by atoms with van der Waals surface area (Å²) in [6, 6.07) is 16.2. The van der Waals surface area contributed by atoms with Crippen molar-refractivity contribution in [3.05, 3.63) is 65.2 Å². The van der Waals surface area contributed by atoms with Crippen molar-refractivity contribution in [3.8, 4) is 5.75 Å². The smallest absolute Gasteiger partial charge is 0.244 e. The zero-order chi connectivity index (χ0) is 20.1. The molecule has 1 heterocycles. The lowest BCUT2D eigenvalue weighted by atomic mass is 10.0. The third-order valence-electron chi connectivity index (χ3n) is 5.39. The Balaban J connectivity index is 1.69. The highest BCUT2D eigenvalue weighted by molar-refractivity contribution is 5.82. The van der Waals surface area contributed by atoms with Gasteiger partial charge >= 0.3 is 0 Å². The molecule has 1 saturated heterocycles. The zero-order valence-electron chi connectivity index (χ0n) is 17.4. The molecule has 1 aliphatic heterocycles. The van der Waals surface area contributed by atoms with Gasteiger partial charge in [0.1, 0.15) is 11.8 Å². The van der Waals surface area contributed by atoms with Gasteiger partial charge in [0.05, 0.1) is 7.11 Å². The summed E-state index contributed by atoms with van der Waals surface area (Å²) < 4.78 is 5.53. The highest BCUT2D eigenvalue weighted by Crippen LogP contribution is 2.26. The minimum Gasteiger partial charge on any atom is -0.496 e. The Morgan fingerprint density at radius 1 is 1.07 bits per heavy atom. The van der Waals surface area contributed by atoms with Crippen LogP contribution in [0, 0.1) is 6.92 Å². The summed E-state index contributed by atoms with van der Waals surface area (Å²) in [7, 11) is 5.39. The lowest BCUT2D eigenvalue weighted by Crippen LogP contribution is -2.50. The Kier molecular flexibility index (Phi) is 6.70. The second-order valence-corrected chi connectivity index (χ2v) is 7.67. The number of carbonyl (C=O) groups is 1. The molecule has 3 rings (SSSR count). The number of hydrogen-bond acceptors (Lipinski definition) is 4. The number of amides is 1. The lowest BCUT2D eigenvalue weighted by molar-refractivity contribution is -0.135. The van der Waals surface area contributed by atoms with E-state index >= 15 is 0 Å². The molecule has 0 radical (unpaired) electrons. The van der Waals surface area contributed by atoms with E-state index in [4.69, 9.17) is 4.74 Å². The van der Waals surface area contributed by atoms with Crippen LogP contribution in [0.2, 0.25) is 0 Å². The summed E-state index contributed by atoms with van der Waals surface area (Å²) in [6.07, 6.45) is 0. The maximum atomic E-state index is 12.9. The van der Waals surface area contributed by atoms with Crippen LogP contribution < -0.4 is 4.74 Å². The first-order chi connectivity index (χ1) is 13.5. The van der Waals surface area contributed by atoms with Gasteiger partial charge in [-0.3, -0.25) is 14.6 Å². The summed E-state index contributed by atoms with van der Waals surface area (Å²) >= 11 is 0. The molecule has 2 aromatic rings. The van der Waals surface area contributed by atoms with Crippen LogP contribution >= 0.6 is 0 Å². The molecule has 0 saturated carbocycles. The molecule has 0 N–H and O–H groups in total. The predicted octanol–water partition coefficient (Wildman–Crippen LogP) is 2.95. The van der Waals surface area contributed by atoms with Gasteiger partial charge in [-0.15, -0.1) is 0 Å². The number of hydrogen-bond donors (Lipinski definition) is 0. The molecule has 1 aliphatic rings. The van der Waals surface area contributed by atoms with Gasteiger partial charge in [-0.1, -0.05) is 48.0 Å². The van der Waals surface area contributed by atoms with E-state index in [-0.39, 0.29) is 11.9 Å². The molecule has 0 spiro atoms. The molecule has 0 unspecified atom stereocenters. The van der Waals surface area contributed by atoms with Gasteiger partial charge in [0, 0.05) is 52.4 Å². The summed E-state index contributed by atoms with van der Waals surface area (Å²) in [5.74, 6) is 1.08. The highest BCUT2D eigenvalue weighted by Gasteiger charge is 2.31. The summed E-state index contributed by atoms with van der Waals surface area (Å²) in [4.78, 5) is 19.3. The number of ether oxygens (including phenoxy) is 1. The van der Waals surface area contributed by atoms with Crippen LogP contribution in [0.5, 0.6) is 5.75 Å². The maximum absolute atomic E-state index is 12.9. The van der Waals surface area contributed by atoms with Crippen LogP contribution in [0.3, 0.4) is 0 Å². The standard InChI is InChI=1S/C23H31N3O2/c1-18-10-11-21(28-4)20(16-18)17-25-12-14-26(15-13-25)22(23(27)24(2)3)19-8-6-5-7-9-19/h5-11,16,22H,12-15,17H2,1-4H3/t22-/m0/s1. The monoisotopic (exact) mass is 381 g/mol. The van der Waals surface area contributed by atoms with Crippen LogP contribution in [-0.4, -0.2) is 68.0 Å². The van der Waals surface area contributed by atoms with E-state index in [0.29, 0.717) is 0 Å². The summed E-state index contributed by atoms with van der Waals surface area (Å²) in [6.45, 7) is 6.58. The first-order valence-electron chi connectivity index (χ1n) is 9.85. The van der Waals surface area contributed by atoms with E-state index < -0.39 is 0 Å². The molecular formula is C23H31N3O2. The van der Waals surface area contributed by atoms with Crippen molar-refractivity contribution in [1.29, 1.82) is 0 Å². The van der Waals surface area contributed by atoms with Gasteiger partial charge in [0.15, 0.2) is 0 Å². The van der Waals surface area contributed by atoms with E-state index in [2.05, 4.69) is 41.0 Å². The molecule has 1 amide bonds. The van der Waals surface area contributed by atoms with Crippen molar-refractivity contribution in [1.82, 2.24) is 14.7 Å². The molecule has 1 atom stereocenters. The lowest BCUT2D eigenvalue weighted by Gasteiger charge is -2.39. The van der Waals surface area contributed by atoms with Crippen molar-refractivity contribution in [2.75, 3.05) is 47.4 Å². The molecule has 1 fully saturated rings. The number of piperazine rings is 1. The molecule has 0 aromatic heterocycles. The van der Waals surface area contributed by atoms with Gasteiger partial charge in [0.25, 0.3) is 0 Å². The number of rotatable bonds is 6. The third-order valence-corrected chi connectivity index (χ3v) is 5.39. The van der Waals surface area contributed by atoms with Crippen LogP contribution in [0.4, 0.5) is 0 Å². The molecule has 2 aromatic carbocycles. The highest BCUT2D eigenvalue weighted by atomic mass is 16.5.